The van der Waals surface area contributed by atoms with Gasteiger partial charge in [0.15, 0.2) is 0 Å². The van der Waals surface area contributed by atoms with Crippen LogP contribution in [0.2, 0.25) is 0 Å². The summed E-state index contributed by atoms with van der Waals surface area (Å²) in [6.07, 6.45) is 0.206. The summed E-state index contributed by atoms with van der Waals surface area (Å²) in [5.41, 5.74) is 7.00. The van der Waals surface area contributed by atoms with Crippen LogP contribution < -0.4 is 19.9 Å². The molecule has 0 radical (unpaired) electrons. The van der Waals surface area contributed by atoms with Crippen molar-refractivity contribution in [3.05, 3.63) is 17.7 Å². The van der Waals surface area contributed by atoms with Gasteiger partial charge in [0.05, 0.1) is 23.9 Å². The lowest BCUT2D eigenvalue weighted by molar-refractivity contribution is 0.212. The second kappa shape index (κ2) is 7.55. The third kappa shape index (κ3) is 5.46. The van der Waals surface area contributed by atoms with Crippen molar-refractivity contribution in [3.8, 4) is 17.2 Å². The Morgan fingerprint density at radius 3 is 1.38 bits per heavy atom. The van der Waals surface area contributed by atoms with E-state index in [9.17, 15) is 0 Å². The Balaban J connectivity index is 3.34. The fourth-order valence-electron chi connectivity index (χ4n) is 2.07. The highest BCUT2D eigenvalue weighted by Crippen LogP contribution is 2.39. The first-order chi connectivity index (χ1) is 9.70. The molecule has 0 heterocycles. The monoisotopic (exact) mass is 295 g/mol. The van der Waals surface area contributed by atoms with E-state index in [1.54, 1.807) is 0 Å². The van der Waals surface area contributed by atoms with Gasteiger partial charge in [0, 0.05) is 18.2 Å². The minimum atomic E-state index is -0.180. The molecule has 1 aromatic rings. The van der Waals surface area contributed by atoms with Gasteiger partial charge in [-0.15, -0.1) is 0 Å². The van der Waals surface area contributed by atoms with Gasteiger partial charge < -0.3 is 19.9 Å². The predicted molar refractivity (Wildman–Crippen MR) is 86.3 cm³/mol. The molecule has 0 saturated carbocycles. The molecule has 0 aliphatic carbocycles. The highest BCUT2D eigenvalue weighted by atomic mass is 16.5. The Hall–Kier alpha value is -1.42. The summed E-state index contributed by atoms with van der Waals surface area (Å²) in [4.78, 5) is 0. The van der Waals surface area contributed by atoms with Crippen LogP contribution in [-0.2, 0) is 0 Å². The lowest BCUT2D eigenvalue weighted by Gasteiger charge is -2.23. The molecule has 0 fully saturated rings. The van der Waals surface area contributed by atoms with Crippen LogP contribution >= 0.6 is 0 Å². The van der Waals surface area contributed by atoms with Crippen molar-refractivity contribution >= 4 is 0 Å². The molecule has 0 spiro atoms. The first-order valence-corrected chi connectivity index (χ1v) is 7.64. The summed E-state index contributed by atoms with van der Waals surface area (Å²) in [5.74, 6) is 2.20. The van der Waals surface area contributed by atoms with Gasteiger partial charge in [0.2, 0.25) is 0 Å². The summed E-state index contributed by atoms with van der Waals surface area (Å²) in [5, 5.41) is 0. The normalized spacial score (nSPS) is 12.9. The molecule has 0 bridgehead atoms. The molecule has 4 heteroatoms. The van der Waals surface area contributed by atoms with Gasteiger partial charge in [0.1, 0.15) is 17.2 Å². The molecule has 21 heavy (non-hydrogen) atoms. The van der Waals surface area contributed by atoms with Gasteiger partial charge >= 0.3 is 0 Å². The van der Waals surface area contributed by atoms with Crippen molar-refractivity contribution in [1.82, 2.24) is 0 Å². The van der Waals surface area contributed by atoms with E-state index in [1.807, 2.05) is 60.6 Å². The van der Waals surface area contributed by atoms with E-state index in [0.717, 1.165) is 22.8 Å². The molecule has 0 aliphatic rings. The van der Waals surface area contributed by atoms with Crippen molar-refractivity contribution < 1.29 is 14.2 Å². The molecule has 2 N–H and O–H groups in total. The van der Waals surface area contributed by atoms with E-state index in [4.69, 9.17) is 19.9 Å². The van der Waals surface area contributed by atoms with Crippen LogP contribution in [0.4, 0.5) is 0 Å². The van der Waals surface area contributed by atoms with Crippen LogP contribution in [0.3, 0.4) is 0 Å². The van der Waals surface area contributed by atoms with Gasteiger partial charge in [-0.1, -0.05) is 0 Å². The number of ether oxygens (including phenoxy) is 3. The van der Waals surface area contributed by atoms with Gasteiger partial charge in [-0.2, -0.15) is 0 Å². The number of nitrogens with two attached hydrogens (primary N) is 1. The summed E-state index contributed by atoms with van der Waals surface area (Å²) in [7, 11) is 0. The van der Waals surface area contributed by atoms with E-state index >= 15 is 0 Å². The standard InChI is InChI=1S/C17H29NO3/c1-10(2)19-14-8-15(20-11(3)4)17(13(7)18)16(9-14)21-12(5)6/h8-13H,18H2,1-7H3. The van der Waals surface area contributed by atoms with Gasteiger partial charge in [-0.05, 0) is 48.5 Å². The molecule has 120 valence electrons. The molecule has 0 aliphatic heterocycles. The molecule has 0 aromatic heterocycles. The van der Waals surface area contributed by atoms with Crippen molar-refractivity contribution in [2.45, 2.75) is 72.8 Å². The quantitative estimate of drug-likeness (QED) is 0.824. The lowest BCUT2D eigenvalue weighted by atomic mass is 10.1. The summed E-state index contributed by atoms with van der Waals surface area (Å²) < 4.78 is 17.6. The van der Waals surface area contributed by atoms with Gasteiger partial charge in [-0.25, -0.2) is 0 Å². The largest absolute Gasteiger partial charge is 0.491 e. The maximum absolute atomic E-state index is 6.12. The Morgan fingerprint density at radius 2 is 1.10 bits per heavy atom. The van der Waals surface area contributed by atoms with Crippen LogP contribution in [-0.4, -0.2) is 18.3 Å². The first kappa shape index (κ1) is 17.6. The summed E-state index contributed by atoms with van der Waals surface area (Å²) >= 11 is 0. The topological polar surface area (TPSA) is 53.7 Å². The van der Waals surface area contributed by atoms with Crippen LogP contribution in [0.15, 0.2) is 12.1 Å². The molecule has 1 aromatic carbocycles. The van der Waals surface area contributed by atoms with Gasteiger partial charge in [-0.3, -0.25) is 0 Å². The van der Waals surface area contributed by atoms with Crippen molar-refractivity contribution in [2.24, 2.45) is 5.73 Å². The maximum atomic E-state index is 6.12. The smallest absolute Gasteiger partial charge is 0.131 e. The maximum Gasteiger partial charge on any atom is 0.131 e. The fourth-order valence-corrected chi connectivity index (χ4v) is 2.07. The highest BCUT2D eigenvalue weighted by Gasteiger charge is 2.19. The zero-order valence-electron chi connectivity index (χ0n) is 14.3. The Bertz CT molecular complexity index is 422. The second-order valence-corrected chi connectivity index (χ2v) is 6.12. The molecule has 1 atom stereocenters. The minimum Gasteiger partial charge on any atom is -0.491 e. The summed E-state index contributed by atoms with van der Waals surface area (Å²) in [6, 6.07) is 3.61. The highest BCUT2D eigenvalue weighted by molar-refractivity contribution is 5.52. The van der Waals surface area contributed by atoms with E-state index in [2.05, 4.69) is 0 Å². The van der Waals surface area contributed by atoms with E-state index in [0.29, 0.717) is 0 Å². The molecule has 0 saturated heterocycles. The lowest BCUT2D eigenvalue weighted by Crippen LogP contribution is -2.16. The third-order valence-corrected chi connectivity index (χ3v) is 2.63. The number of benzene rings is 1. The zero-order chi connectivity index (χ0) is 16.2. The second-order valence-electron chi connectivity index (χ2n) is 6.12. The molecular formula is C17H29NO3. The Morgan fingerprint density at radius 1 is 0.714 bits per heavy atom. The van der Waals surface area contributed by atoms with Crippen molar-refractivity contribution in [3.63, 3.8) is 0 Å². The third-order valence-electron chi connectivity index (χ3n) is 2.63. The first-order valence-electron chi connectivity index (χ1n) is 7.64. The van der Waals surface area contributed by atoms with Crippen LogP contribution in [0, 0.1) is 0 Å². The summed E-state index contributed by atoms with van der Waals surface area (Å²) in [6.45, 7) is 13.9. The van der Waals surface area contributed by atoms with Crippen molar-refractivity contribution in [2.75, 3.05) is 0 Å². The van der Waals surface area contributed by atoms with Crippen LogP contribution in [0.5, 0.6) is 17.2 Å². The molecule has 4 nitrogen and oxygen atoms in total. The number of hydrogen-bond acceptors (Lipinski definition) is 4. The SMILES string of the molecule is CC(C)Oc1cc(OC(C)C)c(C(C)N)c(OC(C)C)c1. The van der Waals surface area contributed by atoms with Gasteiger partial charge in [0.25, 0.3) is 0 Å². The fraction of sp³-hybridized carbons (Fsp3) is 0.647. The molecule has 1 rings (SSSR count). The van der Waals surface area contributed by atoms with Crippen LogP contribution in [0.25, 0.3) is 0 Å². The Labute approximate surface area is 128 Å². The van der Waals surface area contributed by atoms with Crippen molar-refractivity contribution in [1.29, 1.82) is 0 Å². The molecule has 0 amide bonds. The number of rotatable bonds is 7. The average molecular weight is 295 g/mol. The van der Waals surface area contributed by atoms with E-state index < -0.39 is 0 Å². The molecule has 1 unspecified atom stereocenters. The predicted octanol–water partition coefficient (Wildman–Crippen LogP) is 4.07. The average Bonchev–Trinajstić information content (AvgIpc) is 2.24. The number of hydrogen-bond donors (Lipinski definition) is 1. The Kier molecular flexibility index (Phi) is 6.34. The van der Waals surface area contributed by atoms with Crippen LogP contribution in [0.1, 0.15) is 60.1 Å². The van der Waals surface area contributed by atoms with E-state index in [-0.39, 0.29) is 24.4 Å². The minimum absolute atomic E-state index is 0.0590. The zero-order valence-corrected chi connectivity index (χ0v) is 14.3. The van der Waals surface area contributed by atoms with E-state index in [1.165, 1.54) is 0 Å². The molecular weight excluding hydrogens is 266 g/mol.